The fourth-order valence-electron chi connectivity index (χ4n) is 9.21. The molecule has 0 bridgehead atoms. The number of carbonyl (C=O) groups is 12. The molecule has 9 unspecified atom stereocenters. The van der Waals surface area contributed by atoms with Gasteiger partial charge in [0.15, 0.2) is 32.5 Å². The molecule has 3 fully saturated rings. The van der Waals surface area contributed by atoms with Gasteiger partial charge in [0.25, 0.3) is 6.10 Å². The first kappa shape index (κ1) is 93.4. The molecule has 24 nitrogen and oxygen atoms in total. The van der Waals surface area contributed by atoms with Gasteiger partial charge in [-0.3, -0.25) is 43.2 Å². The fraction of sp³-hybridized carbons (Fsp3) is 0.695. The van der Waals surface area contributed by atoms with Gasteiger partial charge in [0.2, 0.25) is 0 Å². The topological polar surface area (TPSA) is 316 Å². The minimum absolute atomic E-state index is 0.0234. The van der Waals surface area contributed by atoms with E-state index in [0.29, 0.717) is 6.92 Å². The molecule has 0 spiro atoms. The Hall–Kier alpha value is -8.61. The van der Waals surface area contributed by atoms with E-state index in [1.54, 1.807) is 0 Å². The molecule has 3 rings (SSSR count). The smallest absolute Gasteiger partial charge is 0.434 e. The van der Waals surface area contributed by atoms with E-state index in [1.807, 2.05) is 0 Å². The molecule has 594 valence electrons. The van der Waals surface area contributed by atoms with E-state index in [1.165, 1.54) is 20.8 Å². The van der Waals surface area contributed by atoms with E-state index in [4.69, 9.17) is 23.7 Å². The van der Waals surface area contributed by atoms with Gasteiger partial charge in [-0.2, -0.15) is 92.2 Å². The van der Waals surface area contributed by atoms with Crippen LogP contribution in [0, 0.1) is 53.3 Å². The highest BCUT2D eigenvalue weighted by Gasteiger charge is 2.61. The second kappa shape index (κ2) is 40.6. The Bertz CT molecular complexity index is 2950. The minimum Gasteiger partial charge on any atom is -0.462 e. The summed E-state index contributed by atoms with van der Waals surface area (Å²) in [5, 5.41) is 0. The van der Waals surface area contributed by atoms with E-state index >= 15 is 0 Å². The normalized spacial score (nSPS) is 21.1. The van der Waals surface area contributed by atoms with E-state index in [2.05, 4.69) is 52.9 Å². The van der Waals surface area contributed by atoms with E-state index in [9.17, 15) is 150 Å². The lowest BCUT2D eigenvalue weighted by molar-refractivity contribution is -0.314. The van der Waals surface area contributed by atoms with Crippen molar-refractivity contribution in [3.8, 4) is 0 Å². The molecule has 45 heteroatoms. The van der Waals surface area contributed by atoms with Crippen molar-refractivity contribution in [2.24, 2.45) is 53.3 Å². The molecule has 0 aromatic rings. The van der Waals surface area contributed by atoms with Crippen molar-refractivity contribution in [3.63, 3.8) is 0 Å². The lowest BCUT2D eigenvalue weighted by atomic mass is 9.74. The van der Waals surface area contributed by atoms with Crippen molar-refractivity contribution in [3.05, 3.63) is 36.5 Å². The number of ether oxygens (including phenoxy) is 12. The maximum absolute atomic E-state index is 12.8. The molecule has 0 radical (unpaired) electrons. The highest BCUT2D eigenvalue weighted by atomic mass is 19.4. The lowest BCUT2D eigenvalue weighted by Crippen LogP contribution is -2.48. The maximum atomic E-state index is 12.8. The van der Waals surface area contributed by atoms with E-state index in [-0.39, 0.29) is 55.6 Å². The predicted octanol–water partition coefficient (Wildman–Crippen LogP) is 10.00. The van der Waals surface area contributed by atoms with Crippen LogP contribution in [0.5, 0.6) is 0 Å². The minimum atomic E-state index is -6.05. The lowest BCUT2D eigenvalue weighted by Gasteiger charge is -2.34. The third kappa shape index (κ3) is 36.2. The first-order valence-electron chi connectivity index (χ1n) is 29.9. The summed E-state index contributed by atoms with van der Waals surface area (Å²) in [7, 11) is 0. The van der Waals surface area contributed by atoms with Crippen LogP contribution in [0.15, 0.2) is 36.5 Å². The Morgan fingerprint density at radius 1 is 0.298 bits per heavy atom. The summed E-state index contributed by atoms with van der Waals surface area (Å²) in [6.45, 7) is 4.08. The molecule has 0 aliphatic heterocycles. The predicted molar refractivity (Wildman–Crippen MR) is 295 cm³/mol. The Labute approximate surface area is 574 Å². The van der Waals surface area contributed by atoms with Gasteiger partial charge >= 0.3 is 115 Å². The number of hydrogen-bond donors (Lipinski definition) is 0. The molecule has 0 heterocycles. The summed E-state index contributed by atoms with van der Waals surface area (Å²) >= 11 is 0. The average molecular weight is 1560 g/mol. The van der Waals surface area contributed by atoms with Gasteiger partial charge in [-0.1, -0.05) is 19.7 Å². The fourth-order valence-corrected chi connectivity index (χ4v) is 9.21. The van der Waals surface area contributed by atoms with E-state index < -0.39 is 265 Å². The maximum Gasteiger partial charge on any atom is 0.434 e. The molecule has 104 heavy (non-hydrogen) atoms. The van der Waals surface area contributed by atoms with Crippen LogP contribution in [0.2, 0.25) is 0 Å². The summed E-state index contributed by atoms with van der Waals surface area (Å²) < 4.78 is 316. The Morgan fingerprint density at radius 2 is 0.548 bits per heavy atom. The number of rotatable bonds is 27. The summed E-state index contributed by atoms with van der Waals surface area (Å²) in [6.07, 6.45) is -47.7. The van der Waals surface area contributed by atoms with Gasteiger partial charge in [-0.25, -0.2) is 14.4 Å². The Balaban J connectivity index is 0.000000783. The van der Waals surface area contributed by atoms with Crippen LogP contribution in [-0.2, 0) is 114 Å². The second-order valence-corrected chi connectivity index (χ2v) is 22.9. The number of alkyl halides is 21. The molecule has 0 saturated heterocycles. The molecule has 0 N–H and O–H groups in total. The standard InChI is InChI=1S/C21H23F9O8.2C19H22F6O8/c1-9(2)14(31)35-6-7-36-16(33)13-8-11(15(32)37-10(3)19(22,23)24)4-5-12(13)17(34)38-18(20(25,26)27)21(28,29)30;1-10(2)14(26)30-3-4-31-15(27)11-5-12(16(28)32-8-18(20,21)22)7-13(6-11)17(29)33-9-19(23,24)25;1-10(2)14(26)30-5-6-31-16(28)12-4-3-11(15(27)32-8-18(20,21)22)7-13(12)17(29)33-9-19(23,24)25/h10-13,18H,1,4-8H2,2-3H3;2*11-13H,1,3-9H2,2H3. The third-order valence-corrected chi connectivity index (χ3v) is 14.1. The van der Waals surface area contributed by atoms with E-state index in [0.717, 1.165) is 0 Å². The molecule has 3 aliphatic rings. The van der Waals surface area contributed by atoms with Gasteiger partial charge in [-0.15, -0.1) is 0 Å². The van der Waals surface area contributed by atoms with Crippen LogP contribution in [0.4, 0.5) is 92.2 Å². The van der Waals surface area contributed by atoms with Crippen LogP contribution in [0.1, 0.15) is 85.5 Å². The average Bonchev–Trinajstić information content (AvgIpc) is 0.803. The van der Waals surface area contributed by atoms with Crippen molar-refractivity contribution in [1.29, 1.82) is 0 Å². The summed E-state index contributed by atoms with van der Waals surface area (Å²) in [5.41, 5.74) is 0.156. The Morgan fingerprint density at radius 3 is 0.846 bits per heavy atom. The second-order valence-electron chi connectivity index (χ2n) is 22.9. The molecule has 0 aromatic carbocycles. The zero-order chi connectivity index (χ0) is 80.4. The van der Waals surface area contributed by atoms with Crippen LogP contribution in [0.25, 0.3) is 0 Å². The summed E-state index contributed by atoms with van der Waals surface area (Å²) in [6, 6.07) is 0. The summed E-state index contributed by atoms with van der Waals surface area (Å²) in [4.78, 5) is 144. The van der Waals surface area contributed by atoms with Crippen LogP contribution >= 0.6 is 0 Å². The van der Waals surface area contributed by atoms with Crippen LogP contribution in [-0.4, -0.2) is 193 Å². The molecule has 9 atom stereocenters. The van der Waals surface area contributed by atoms with Crippen molar-refractivity contribution < 1.29 is 207 Å². The monoisotopic (exact) mass is 1560 g/mol. The van der Waals surface area contributed by atoms with Crippen molar-refractivity contribution in [1.82, 2.24) is 0 Å². The molecule has 0 amide bonds. The van der Waals surface area contributed by atoms with Crippen LogP contribution < -0.4 is 0 Å². The quantitative estimate of drug-likeness (QED) is 0.0243. The van der Waals surface area contributed by atoms with Gasteiger partial charge in [-0.05, 0) is 85.5 Å². The van der Waals surface area contributed by atoms with Crippen LogP contribution in [0.3, 0.4) is 0 Å². The molecule has 3 saturated carbocycles. The first-order chi connectivity index (χ1) is 47.3. The largest absolute Gasteiger partial charge is 0.462 e. The zero-order valence-electron chi connectivity index (χ0n) is 54.6. The van der Waals surface area contributed by atoms with Crippen molar-refractivity contribution in [2.45, 2.75) is 141 Å². The Kier molecular flexibility index (Phi) is 36.5. The van der Waals surface area contributed by atoms with Gasteiger partial charge in [0.05, 0.1) is 53.3 Å². The number of esters is 12. The van der Waals surface area contributed by atoms with Crippen molar-refractivity contribution >= 4 is 71.6 Å². The van der Waals surface area contributed by atoms with Gasteiger partial charge < -0.3 is 56.8 Å². The third-order valence-electron chi connectivity index (χ3n) is 14.1. The summed E-state index contributed by atoms with van der Waals surface area (Å²) in [5.74, 6) is -28.4. The number of halogens is 21. The zero-order valence-corrected chi connectivity index (χ0v) is 54.6. The molecule has 0 aromatic heterocycles. The molecular formula is C59H67F21O24. The molecule has 3 aliphatic carbocycles. The van der Waals surface area contributed by atoms with Crippen molar-refractivity contribution in [2.75, 3.05) is 66.1 Å². The van der Waals surface area contributed by atoms with Gasteiger partial charge in [0, 0.05) is 16.7 Å². The number of carbonyl (C=O) groups excluding carboxylic acids is 12. The molecular weight excluding hydrogens is 1490 g/mol. The highest BCUT2D eigenvalue weighted by Crippen LogP contribution is 2.43. The first-order valence-corrected chi connectivity index (χ1v) is 29.9. The van der Waals surface area contributed by atoms with Gasteiger partial charge in [0.1, 0.15) is 39.6 Å². The SMILES string of the molecule is C=C(C)C(=O)OCCOC(=O)C1CC(C(=O)OC(C)C(F)(F)F)CCC1C(=O)OC(C(F)(F)F)C(F)(F)F.C=C(C)C(=O)OCCOC(=O)C1CC(C(=O)OCC(F)(F)F)CC(C(=O)OCC(F)(F)F)C1.C=C(C)C(=O)OCCOC(=O)C1CCC(C(=O)OCC(F)(F)F)CC1C(=O)OCC(F)(F)F. The number of hydrogen-bond acceptors (Lipinski definition) is 24. The highest BCUT2D eigenvalue weighted by molar-refractivity contribution is 5.89.